The first-order chi connectivity index (χ1) is 15.3. The molecular formula is C23H31N3O6. The Hall–Kier alpha value is -2.65. The van der Waals surface area contributed by atoms with Crippen molar-refractivity contribution < 1.29 is 29.8 Å². The van der Waals surface area contributed by atoms with E-state index in [0.717, 1.165) is 30.6 Å². The summed E-state index contributed by atoms with van der Waals surface area (Å²) in [5.74, 6) is -1.88. The maximum Gasteiger partial charge on any atom is 0.407 e. The van der Waals surface area contributed by atoms with Crippen molar-refractivity contribution in [2.24, 2.45) is 11.3 Å². The van der Waals surface area contributed by atoms with E-state index in [4.69, 9.17) is 0 Å². The highest BCUT2D eigenvalue weighted by atomic mass is 16.5. The lowest BCUT2D eigenvalue weighted by Crippen LogP contribution is -2.60. The predicted molar refractivity (Wildman–Crippen MR) is 114 cm³/mol. The van der Waals surface area contributed by atoms with Gasteiger partial charge in [0.15, 0.2) is 5.60 Å². The molecule has 1 aliphatic carbocycles. The van der Waals surface area contributed by atoms with Crippen molar-refractivity contribution in [2.75, 3.05) is 26.2 Å². The van der Waals surface area contributed by atoms with Gasteiger partial charge in [-0.25, -0.2) is 10.3 Å². The molecule has 2 saturated heterocycles. The smallest absolute Gasteiger partial charge is 0.407 e. The molecule has 1 aromatic carbocycles. The van der Waals surface area contributed by atoms with Gasteiger partial charge in [0, 0.05) is 31.5 Å². The monoisotopic (exact) mass is 445 g/mol. The fourth-order valence-corrected chi connectivity index (χ4v) is 6.09. The second kappa shape index (κ2) is 8.71. The minimum atomic E-state index is -2.17. The number of hydroxylamine groups is 1. The topological polar surface area (TPSA) is 130 Å². The van der Waals surface area contributed by atoms with Gasteiger partial charge < -0.3 is 20.0 Å². The van der Waals surface area contributed by atoms with Crippen LogP contribution >= 0.6 is 0 Å². The fraction of sp³-hybridized carbons (Fsp3) is 0.609. The van der Waals surface area contributed by atoms with Crippen molar-refractivity contribution in [1.29, 1.82) is 0 Å². The summed E-state index contributed by atoms with van der Waals surface area (Å²) >= 11 is 0. The summed E-state index contributed by atoms with van der Waals surface area (Å²) in [5.41, 5.74) is -0.542. The molecule has 2 heterocycles. The standard InChI is InChI=1S/C23H31N3O6/c27-19(24-32)23(31)15-26(21(29)30)14-18(23)22(10-5-2-6-11-22)20(28)25-12-9-17(13-25)16-7-3-1-4-8-16/h1,3-4,7-8,17-18,31-32H,2,5-6,9-15H2,(H,24,27)(H,29,30)/t17-,18+,23-/m0/s1. The molecule has 4 N–H and O–H groups in total. The molecule has 1 aromatic rings. The summed E-state index contributed by atoms with van der Waals surface area (Å²) < 4.78 is 0. The molecule has 1 saturated carbocycles. The molecule has 0 spiro atoms. The van der Waals surface area contributed by atoms with Crippen LogP contribution in [0.3, 0.4) is 0 Å². The van der Waals surface area contributed by atoms with Crippen LogP contribution in [-0.4, -0.2) is 74.9 Å². The number of aliphatic hydroxyl groups is 1. The number of hydrogen-bond donors (Lipinski definition) is 4. The van der Waals surface area contributed by atoms with Crippen molar-refractivity contribution in [2.45, 2.75) is 50.0 Å². The average Bonchev–Trinajstić information content (AvgIpc) is 3.45. The minimum Gasteiger partial charge on any atom is -0.465 e. The van der Waals surface area contributed by atoms with E-state index in [1.54, 1.807) is 0 Å². The van der Waals surface area contributed by atoms with Crippen LogP contribution in [0.5, 0.6) is 0 Å². The highest BCUT2D eigenvalue weighted by molar-refractivity contribution is 5.90. The molecule has 3 amide bonds. The van der Waals surface area contributed by atoms with E-state index < -0.39 is 35.5 Å². The van der Waals surface area contributed by atoms with Crippen LogP contribution in [-0.2, 0) is 9.59 Å². The van der Waals surface area contributed by atoms with Crippen molar-refractivity contribution in [1.82, 2.24) is 15.3 Å². The molecule has 2 aliphatic heterocycles. The number of carbonyl (C=O) groups excluding carboxylic acids is 2. The summed E-state index contributed by atoms with van der Waals surface area (Å²) in [6.07, 6.45) is 3.01. The Morgan fingerprint density at radius 1 is 1.00 bits per heavy atom. The van der Waals surface area contributed by atoms with Crippen LogP contribution in [0.15, 0.2) is 30.3 Å². The lowest BCUT2D eigenvalue weighted by molar-refractivity contribution is -0.166. The third-order valence-electron chi connectivity index (χ3n) is 7.76. The van der Waals surface area contributed by atoms with Crippen molar-refractivity contribution in [3.63, 3.8) is 0 Å². The molecule has 0 unspecified atom stereocenters. The van der Waals surface area contributed by atoms with Gasteiger partial charge in [-0.3, -0.25) is 14.8 Å². The Labute approximate surface area is 187 Å². The van der Waals surface area contributed by atoms with Gasteiger partial charge in [-0.15, -0.1) is 0 Å². The van der Waals surface area contributed by atoms with Gasteiger partial charge in [-0.1, -0.05) is 49.6 Å². The molecule has 4 rings (SSSR count). The van der Waals surface area contributed by atoms with Gasteiger partial charge in [0.05, 0.1) is 12.0 Å². The average molecular weight is 446 g/mol. The Kier molecular flexibility index (Phi) is 6.13. The summed E-state index contributed by atoms with van der Waals surface area (Å²) in [7, 11) is 0. The third-order valence-corrected chi connectivity index (χ3v) is 7.76. The van der Waals surface area contributed by atoms with E-state index in [-0.39, 0.29) is 18.4 Å². The third kappa shape index (κ3) is 3.73. The largest absolute Gasteiger partial charge is 0.465 e. The molecule has 3 aliphatic rings. The predicted octanol–water partition coefficient (Wildman–Crippen LogP) is 1.80. The van der Waals surface area contributed by atoms with E-state index in [2.05, 4.69) is 12.1 Å². The number of hydrogen-bond acceptors (Lipinski definition) is 5. The summed E-state index contributed by atoms with van der Waals surface area (Å²) in [6, 6.07) is 10.0. The van der Waals surface area contributed by atoms with Crippen LogP contribution in [0.4, 0.5) is 4.79 Å². The maximum absolute atomic E-state index is 14.0. The molecule has 0 radical (unpaired) electrons. The Morgan fingerprint density at radius 3 is 2.31 bits per heavy atom. The Morgan fingerprint density at radius 2 is 1.69 bits per heavy atom. The van der Waals surface area contributed by atoms with Crippen LogP contribution < -0.4 is 5.48 Å². The zero-order chi connectivity index (χ0) is 22.9. The van der Waals surface area contributed by atoms with Gasteiger partial charge >= 0.3 is 6.09 Å². The minimum absolute atomic E-state index is 0.114. The normalized spacial score (nSPS) is 29.7. The summed E-state index contributed by atoms with van der Waals surface area (Å²) in [5, 5.41) is 30.1. The van der Waals surface area contributed by atoms with Gasteiger partial charge in [-0.05, 0) is 24.8 Å². The molecule has 3 fully saturated rings. The van der Waals surface area contributed by atoms with E-state index in [1.165, 1.54) is 11.0 Å². The first kappa shape index (κ1) is 22.5. The Balaban J connectivity index is 1.65. The van der Waals surface area contributed by atoms with Crippen LogP contribution in [0.25, 0.3) is 0 Å². The number of β-amino-alcohol motifs (C(OH)–C–C–N with tert-alkyl or cyclic N) is 1. The van der Waals surface area contributed by atoms with Crippen LogP contribution in [0.2, 0.25) is 0 Å². The zero-order valence-corrected chi connectivity index (χ0v) is 18.1. The van der Waals surface area contributed by atoms with Crippen molar-refractivity contribution >= 4 is 17.9 Å². The molecule has 0 aromatic heterocycles. The summed E-state index contributed by atoms with van der Waals surface area (Å²) in [6.45, 7) is 0.548. The molecule has 32 heavy (non-hydrogen) atoms. The number of rotatable bonds is 4. The van der Waals surface area contributed by atoms with Gasteiger partial charge in [0.25, 0.3) is 5.91 Å². The number of benzene rings is 1. The number of nitrogens with one attached hydrogen (secondary N) is 1. The fourth-order valence-electron chi connectivity index (χ4n) is 6.09. The van der Waals surface area contributed by atoms with Gasteiger partial charge in [0.2, 0.25) is 5.91 Å². The molecule has 9 nitrogen and oxygen atoms in total. The number of nitrogens with zero attached hydrogens (tertiary/aromatic N) is 2. The van der Waals surface area contributed by atoms with Gasteiger partial charge in [0.1, 0.15) is 0 Å². The molecular weight excluding hydrogens is 414 g/mol. The SMILES string of the molecule is O=C(O)N1C[C@H](C2(C(=O)N3CC[C@H](c4ccccc4)C3)CCCCC2)[C@](O)(C(=O)NO)C1. The maximum atomic E-state index is 14.0. The lowest BCUT2D eigenvalue weighted by Gasteiger charge is -2.46. The van der Waals surface area contributed by atoms with Crippen molar-refractivity contribution in [3.05, 3.63) is 35.9 Å². The van der Waals surface area contributed by atoms with E-state index in [9.17, 15) is 29.8 Å². The quantitative estimate of drug-likeness (QED) is 0.413. The first-order valence-corrected chi connectivity index (χ1v) is 11.3. The molecule has 174 valence electrons. The second-order valence-electron chi connectivity index (χ2n) is 9.45. The van der Waals surface area contributed by atoms with E-state index >= 15 is 0 Å². The van der Waals surface area contributed by atoms with Crippen molar-refractivity contribution in [3.8, 4) is 0 Å². The number of carbonyl (C=O) groups is 3. The van der Waals surface area contributed by atoms with Gasteiger partial charge in [-0.2, -0.15) is 0 Å². The lowest BCUT2D eigenvalue weighted by atomic mass is 9.60. The Bertz CT molecular complexity index is 872. The molecule has 9 heteroatoms. The van der Waals surface area contributed by atoms with E-state index in [1.807, 2.05) is 23.1 Å². The van der Waals surface area contributed by atoms with Crippen LogP contribution in [0, 0.1) is 11.3 Å². The highest BCUT2D eigenvalue weighted by Gasteiger charge is 2.63. The number of amides is 3. The molecule has 3 atom stereocenters. The zero-order valence-electron chi connectivity index (χ0n) is 18.1. The number of carboxylic acid groups (broad SMARTS) is 1. The molecule has 0 bridgehead atoms. The second-order valence-corrected chi connectivity index (χ2v) is 9.45. The van der Waals surface area contributed by atoms with Crippen LogP contribution in [0.1, 0.15) is 50.0 Å². The van der Waals surface area contributed by atoms with E-state index in [0.29, 0.717) is 25.9 Å². The summed E-state index contributed by atoms with van der Waals surface area (Å²) in [4.78, 5) is 41.0. The number of likely N-dealkylation sites (tertiary alicyclic amines) is 2. The first-order valence-electron chi connectivity index (χ1n) is 11.3. The highest BCUT2D eigenvalue weighted by Crippen LogP contribution is 2.51.